The Morgan fingerprint density at radius 2 is 1.80 bits per heavy atom. The second-order valence-corrected chi connectivity index (χ2v) is 7.46. The Labute approximate surface area is 153 Å². The van der Waals surface area contributed by atoms with E-state index >= 15 is 0 Å². The van der Waals surface area contributed by atoms with E-state index in [2.05, 4.69) is 10.6 Å². The van der Waals surface area contributed by atoms with E-state index in [4.69, 9.17) is 22.1 Å². The summed E-state index contributed by atoms with van der Waals surface area (Å²) in [5.41, 5.74) is 3.08. The van der Waals surface area contributed by atoms with Crippen molar-refractivity contribution in [3.63, 3.8) is 0 Å². The quantitative estimate of drug-likeness (QED) is 0.691. The van der Waals surface area contributed by atoms with Crippen molar-refractivity contribution in [2.75, 3.05) is 17.2 Å². The highest BCUT2D eigenvalue weighted by molar-refractivity contribution is 7.89. The fourth-order valence-corrected chi connectivity index (χ4v) is 3.06. The van der Waals surface area contributed by atoms with Crippen molar-refractivity contribution in [1.29, 1.82) is 0 Å². The minimum atomic E-state index is -3.79. The molecule has 2 aromatic rings. The monoisotopic (exact) mass is 379 g/mol. The third kappa shape index (κ3) is 5.15. The number of nitrogens with two attached hydrogens (primary N) is 1. The Morgan fingerprint density at radius 1 is 1.16 bits per heavy atom. The van der Waals surface area contributed by atoms with Gasteiger partial charge in [-0.1, -0.05) is 0 Å². The van der Waals surface area contributed by atoms with E-state index in [0.717, 1.165) is 22.6 Å². The third-order valence-electron chi connectivity index (χ3n) is 3.64. The van der Waals surface area contributed by atoms with E-state index in [-0.39, 0.29) is 4.90 Å². The molecule has 0 bridgehead atoms. The predicted octanol–water partition coefficient (Wildman–Crippen LogP) is 3.16. The molecule has 0 aromatic heterocycles. The summed E-state index contributed by atoms with van der Waals surface area (Å²) in [5, 5.41) is 11.6. The second-order valence-electron chi connectivity index (χ2n) is 5.49. The van der Waals surface area contributed by atoms with Gasteiger partial charge in [0.05, 0.1) is 11.5 Å². The lowest BCUT2D eigenvalue weighted by Crippen LogP contribution is -2.20. The van der Waals surface area contributed by atoms with Crippen LogP contribution in [0.4, 0.5) is 11.4 Å². The van der Waals surface area contributed by atoms with E-state index < -0.39 is 10.0 Å². The summed E-state index contributed by atoms with van der Waals surface area (Å²) >= 11 is 5.31. The molecule has 0 amide bonds. The van der Waals surface area contributed by atoms with Crippen LogP contribution in [0.25, 0.3) is 0 Å². The van der Waals surface area contributed by atoms with Crippen LogP contribution in [-0.2, 0) is 10.0 Å². The van der Waals surface area contributed by atoms with Crippen molar-refractivity contribution in [2.45, 2.75) is 25.7 Å². The summed E-state index contributed by atoms with van der Waals surface area (Å²) < 4.78 is 28.6. The summed E-state index contributed by atoms with van der Waals surface area (Å²) in [6.45, 7) is 6.22. The third-order valence-corrected chi connectivity index (χ3v) is 4.74. The van der Waals surface area contributed by atoms with E-state index in [1.54, 1.807) is 6.07 Å². The van der Waals surface area contributed by atoms with Gasteiger partial charge < -0.3 is 15.4 Å². The second kappa shape index (κ2) is 7.81. The number of rotatable bonds is 5. The molecule has 2 rings (SSSR count). The number of sulfonamides is 1. The van der Waals surface area contributed by atoms with Crippen LogP contribution in [0.2, 0.25) is 0 Å². The van der Waals surface area contributed by atoms with Gasteiger partial charge in [0.2, 0.25) is 10.0 Å². The molecule has 6 nitrogen and oxygen atoms in total. The number of aryl methyl sites for hydroxylation is 1. The van der Waals surface area contributed by atoms with Gasteiger partial charge in [-0.2, -0.15) is 0 Å². The molecule has 0 aliphatic heterocycles. The molecule has 134 valence electrons. The van der Waals surface area contributed by atoms with Crippen LogP contribution >= 0.6 is 12.2 Å². The Hall–Kier alpha value is -2.16. The average Bonchev–Trinajstić information content (AvgIpc) is 2.52. The fourth-order valence-electron chi connectivity index (χ4n) is 2.21. The molecule has 0 aliphatic rings. The summed E-state index contributed by atoms with van der Waals surface area (Å²) in [7, 11) is -3.79. The number of anilines is 2. The van der Waals surface area contributed by atoms with Gasteiger partial charge in [-0.3, -0.25) is 0 Å². The van der Waals surface area contributed by atoms with Crippen molar-refractivity contribution >= 4 is 38.7 Å². The molecule has 0 saturated carbocycles. The molecular weight excluding hydrogens is 358 g/mol. The van der Waals surface area contributed by atoms with Crippen LogP contribution in [0, 0.1) is 13.8 Å². The van der Waals surface area contributed by atoms with Crippen LogP contribution in [0.3, 0.4) is 0 Å². The Balaban J connectivity index is 2.16. The average molecular weight is 380 g/mol. The maximum atomic E-state index is 11.6. The molecule has 8 heteroatoms. The normalized spacial score (nSPS) is 11.0. The number of ether oxygens (including phenoxy) is 1. The Morgan fingerprint density at radius 3 is 2.36 bits per heavy atom. The van der Waals surface area contributed by atoms with Gasteiger partial charge >= 0.3 is 0 Å². The first-order valence-corrected chi connectivity index (χ1v) is 9.61. The summed E-state index contributed by atoms with van der Waals surface area (Å²) in [6, 6.07) is 10.4. The largest absolute Gasteiger partial charge is 0.494 e. The van der Waals surface area contributed by atoms with Gasteiger partial charge in [0.25, 0.3) is 0 Å². The molecule has 0 saturated heterocycles. The van der Waals surface area contributed by atoms with E-state index in [1.165, 1.54) is 6.07 Å². The van der Waals surface area contributed by atoms with Gasteiger partial charge in [-0.05, 0) is 80.5 Å². The Bertz CT molecular complexity index is 879. The maximum absolute atomic E-state index is 11.6. The minimum Gasteiger partial charge on any atom is -0.494 e. The van der Waals surface area contributed by atoms with Crippen molar-refractivity contribution in [3.8, 4) is 5.75 Å². The first-order chi connectivity index (χ1) is 11.7. The molecule has 4 N–H and O–H groups in total. The summed E-state index contributed by atoms with van der Waals surface area (Å²) in [6.07, 6.45) is 0. The zero-order valence-electron chi connectivity index (χ0n) is 14.3. The number of benzene rings is 2. The van der Waals surface area contributed by atoms with E-state index in [0.29, 0.717) is 17.4 Å². The molecule has 25 heavy (non-hydrogen) atoms. The molecule has 0 unspecified atom stereocenters. The molecule has 0 radical (unpaired) electrons. The molecular formula is C17H21N3O3S2. The van der Waals surface area contributed by atoms with Crippen LogP contribution < -0.4 is 20.5 Å². The minimum absolute atomic E-state index is 0.0435. The van der Waals surface area contributed by atoms with Crippen LogP contribution in [0.15, 0.2) is 41.3 Å². The summed E-state index contributed by atoms with van der Waals surface area (Å²) in [5.74, 6) is 0.777. The first-order valence-electron chi connectivity index (χ1n) is 7.65. The molecule has 0 atom stereocenters. The zero-order valence-corrected chi connectivity index (χ0v) is 15.9. The Kier molecular flexibility index (Phi) is 5.99. The highest BCUT2D eigenvalue weighted by Gasteiger charge is 2.13. The van der Waals surface area contributed by atoms with Gasteiger partial charge in [-0.25, -0.2) is 13.6 Å². The number of hydrogen-bond donors (Lipinski definition) is 3. The maximum Gasteiger partial charge on any atom is 0.238 e. The van der Waals surface area contributed by atoms with E-state index in [9.17, 15) is 8.42 Å². The van der Waals surface area contributed by atoms with Crippen molar-refractivity contribution in [3.05, 3.63) is 47.5 Å². The van der Waals surface area contributed by atoms with Gasteiger partial charge in [0.1, 0.15) is 5.75 Å². The molecule has 0 spiro atoms. The molecule has 0 fully saturated rings. The number of nitrogens with one attached hydrogen (secondary N) is 2. The van der Waals surface area contributed by atoms with Crippen molar-refractivity contribution in [1.82, 2.24) is 0 Å². The highest BCUT2D eigenvalue weighted by atomic mass is 32.2. The smallest absolute Gasteiger partial charge is 0.238 e. The number of hydrogen-bond acceptors (Lipinski definition) is 4. The molecule has 0 aliphatic carbocycles. The van der Waals surface area contributed by atoms with Gasteiger partial charge in [0.15, 0.2) is 5.11 Å². The number of thiocarbonyl (C=S) groups is 1. The van der Waals surface area contributed by atoms with Crippen LogP contribution in [0.1, 0.15) is 18.1 Å². The topological polar surface area (TPSA) is 93.4 Å². The van der Waals surface area contributed by atoms with Crippen LogP contribution in [-0.4, -0.2) is 20.1 Å². The predicted molar refractivity (Wildman–Crippen MR) is 105 cm³/mol. The van der Waals surface area contributed by atoms with E-state index in [1.807, 2.05) is 45.0 Å². The molecule has 2 aromatic carbocycles. The highest BCUT2D eigenvalue weighted by Crippen LogP contribution is 2.24. The number of primary sulfonamides is 1. The fraction of sp³-hybridized carbons (Fsp3) is 0.235. The van der Waals surface area contributed by atoms with Gasteiger partial charge in [-0.15, -0.1) is 0 Å². The first kappa shape index (κ1) is 19.2. The SMILES string of the molecule is CCOc1ccc(NC(=S)Nc2cc(S(N)(=O)=O)cc(C)c2C)cc1. The van der Waals surface area contributed by atoms with Gasteiger partial charge in [0, 0.05) is 11.4 Å². The van der Waals surface area contributed by atoms with Crippen LogP contribution in [0.5, 0.6) is 5.75 Å². The van der Waals surface area contributed by atoms with Crippen molar-refractivity contribution < 1.29 is 13.2 Å². The van der Waals surface area contributed by atoms with Crippen molar-refractivity contribution in [2.24, 2.45) is 5.14 Å². The zero-order chi connectivity index (χ0) is 18.6. The summed E-state index contributed by atoms with van der Waals surface area (Å²) in [4.78, 5) is 0.0435. The lowest BCUT2D eigenvalue weighted by molar-refractivity contribution is 0.340. The standard InChI is InChI=1S/C17H21N3O3S2/c1-4-23-14-7-5-13(6-8-14)19-17(24)20-16-10-15(25(18,21)22)9-11(2)12(16)3/h5-10H,4H2,1-3H3,(H2,18,21,22)(H2,19,20,24). The molecule has 0 heterocycles. The lowest BCUT2D eigenvalue weighted by atomic mass is 10.1. The lowest BCUT2D eigenvalue weighted by Gasteiger charge is -2.15.